The van der Waals surface area contributed by atoms with Crippen molar-refractivity contribution in [3.63, 3.8) is 0 Å². The van der Waals surface area contributed by atoms with E-state index >= 15 is 0 Å². The summed E-state index contributed by atoms with van der Waals surface area (Å²) < 4.78 is 10.8. The number of aryl methyl sites for hydroxylation is 3. The molecule has 0 saturated carbocycles. The highest BCUT2D eigenvalue weighted by molar-refractivity contribution is 6.09. The third kappa shape index (κ3) is 2.20. The molecule has 0 radical (unpaired) electrons. The lowest BCUT2D eigenvalue weighted by atomic mass is 9.93. The van der Waals surface area contributed by atoms with E-state index in [1.165, 1.54) is 6.26 Å². The lowest BCUT2D eigenvalue weighted by Gasteiger charge is -2.25. The number of Topliss-reactive ketones (excluding diaryl/α,β-unsaturated/α-hetero) is 1. The van der Waals surface area contributed by atoms with Gasteiger partial charge < -0.3 is 13.8 Å². The van der Waals surface area contributed by atoms with E-state index in [9.17, 15) is 9.59 Å². The predicted octanol–water partition coefficient (Wildman–Crippen LogP) is 3.38. The van der Waals surface area contributed by atoms with Gasteiger partial charge in [-0.05, 0) is 33.1 Å². The monoisotopic (exact) mass is 328 g/mol. The Kier molecular flexibility index (Phi) is 3.55. The average Bonchev–Trinajstić information content (AvgIpc) is 3.26. The van der Waals surface area contributed by atoms with Crippen LogP contribution in [0, 0.1) is 13.8 Å². The van der Waals surface area contributed by atoms with Crippen molar-refractivity contribution in [1.82, 2.24) is 10.1 Å². The number of furan rings is 1. The van der Waals surface area contributed by atoms with Gasteiger partial charge in [-0.1, -0.05) is 5.16 Å². The molecular weight excluding hydrogens is 308 g/mol. The molecule has 126 valence electrons. The van der Waals surface area contributed by atoms with Crippen LogP contribution in [-0.2, 0) is 6.42 Å². The zero-order valence-corrected chi connectivity index (χ0v) is 13.9. The number of amides is 1. The number of nitrogens with zero attached hydrogens (tertiary/aromatic N) is 2. The summed E-state index contributed by atoms with van der Waals surface area (Å²) >= 11 is 0. The van der Waals surface area contributed by atoms with Crippen molar-refractivity contribution in [2.45, 2.75) is 52.0 Å². The van der Waals surface area contributed by atoms with Gasteiger partial charge in [0.15, 0.2) is 5.78 Å². The molecule has 4 rings (SSSR count). The van der Waals surface area contributed by atoms with Gasteiger partial charge in [0, 0.05) is 24.9 Å². The van der Waals surface area contributed by atoms with E-state index < -0.39 is 0 Å². The molecule has 6 nitrogen and oxygen atoms in total. The molecule has 24 heavy (non-hydrogen) atoms. The maximum absolute atomic E-state index is 13.1. The average molecular weight is 328 g/mol. The van der Waals surface area contributed by atoms with Crippen LogP contribution in [0.1, 0.15) is 75.2 Å². The molecule has 0 spiro atoms. The van der Waals surface area contributed by atoms with Crippen molar-refractivity contribution in [3.8, 4) is 0 Å². The van der Waals surface area contributed by atoms with Crippen LogP contribution in [0.15, 0.2) is 15.2 Å². The maximum Gasteiger partial charge on any atom is 0.258 e. The number of rotatable bonds is 2. The Labute approximate surface area is 139 Å². The number of hydrogen-bond donors (Lipinski definition) is 0. The molecule has 1 amide bonds. The van der Waals surface area contributed by atoms with E-state index in [0.717, 1.165) is 42.7 Å². The van der Waals surface area contributed by atoms with Gasteiger partial charge in [0.2, 0.25) is 0 Å². The molecule has 0 bridgehead atoms. The molecule has 0 unspecified atom stereocenters. The Hall–Kier alpha value is -2.37. The molecule has 1 fully saturated rings. The number of hydrogen-bond acceptors (Lipinski definition) is 5. The van der Waals surface area contributed by atoms with Gasteiger partial charge >= 0.3 is 0 Å². The van der Waals surface area contributed by atoms with Crippen LogP contribution in [0.2, 0.25) is 0 Å². The predicted molar refractivity (Wildman–Crippen MR) is 85.0 cm³/mol. The minimum Gasteiger partial charge on any atom is -0.468 e. The lowest BCUT2D eigenvalue weighted by molar-refractivity contribution is 0.0729. The zero-order chi connectivity index (χ0) is 16.8. The number of likely N-dealkylation sites (tertiary alicyclic amines) is 1. The van der Waals surface area contributed by atoms with Crippen LogP contribution in [0.25, 0.3) is 0 Å². The van der Waals surface area contributed by atoms with Crippen LogP contribution in [-0.4, -0.2) is 28.3 Å². The van der Waals surface area contributed by atoms with Gasteiger partial charge in [-0.2, -0.15) is 0 Å². The van der Waals surface area contributed by atoms with Gasteiger partial charge in [-0.3, -0.25) is 9.59 Å². The Balaban J connectivity index is 1.70. The van der Waals surface area contributed by atoms with Crippen molar-refractivity contribution in [2.75, 3.05) is 6.54 Å². The third-order valence-electron chi connectivity index (χ3n) is 5.12. The van der Waals surface area contributed by atoms with Crippen molar-refractivity contribution < 1.29 is 18.5 Å². The molecular formula is C18H20N2O4. The fourth-order valence-electron chi connectivity index (χ4n) is 4.01. The first kappa shape index (κ1) is 15.2. The van der Waals surface area contributed by atoms with E-state index in [2.05, 4.69) is 5.16 Å². The highest BCUT2D eigenvalue weighted by Crippen LogP contribution is 2.37. The summed E-state index contributed by atoms with van der Waals surface area (Å²) in [6.45, 7) is 4.44. The molecule has 2 aromatic heterocycles. The second-order valence-electron chi connectivity index (χ2n) is 6.62. The largest absolute Gasteiger partial charge is 0.468 e. The molecule has 6 heteroatoms. The fraction of sp³-hybridized carbons (Fsp3) is 0.500. The normalized spacial score (nSPS) is 20.5. The Morgan fingerprint density at radius 1 is 1.29 bits per heavy atom. The number of carbonyl (C=O) groups excluding carboxylic acids is 2. The molecule has 2 aliphatic rings. The first-order valence-electron chi connectivity index (χ1n) is 8.45. The first-order valence-corrected chi connectivity index (χ1v) is 8.45. The number of aromatic nitrogens is 1. The molecule has 2 aromatic rings. The second-order valence-corrected chi connectivity index (χ2v) is 6.62. The Morgan fingerprint density at radius 3 is 2.88 bits per heavy atom. The number of carbonyl (C=O) groups is 2. The van der Waals surface area contributed by atoms with E-state index in [0.29, 0.717) is 29.9 Å². The van der Waals surface area contributed by atoms with Crippen LogP contribution >= 0.6 is 0 Å². The maximum atomic E-state index is 13.1. The van der Waals surface area contributed by atoms with E-state index in [4.69, 9.17) is 8.94 Å². The van der Waals surface area contributed by atoms with Gasteiger partial charge in [0.25, 0.3) is 5.91 Å². The molecule has 1 aliphatic heterocycles. The summed E-state index contributed by atoms with van der Waals surface area (Å²) in [6, 6.07) is -0.0482. The first-order chi connectivity index (χ1) is 11.6. The minimum absolute atomic E-state index is 0.0152. The van der Waals surface area contributed by atoms with Crippen LogP contribution in [0.4, 0.5) is 0 Å². The van der Waals surface area contributed by atoms with Crippen LogP contribution in [0.5, 0.6) is 0 Å². The van der Waals surface area contributed by atoms with Crippen molar-refractivity contribution in [1.29, 1.82) is 0 Å². The van der Waals surface area contributed by atoms with Gasteiger partial charge in [0.1, 0.15) is 17.8 Å². The summed E-state index contributed by atoms with van der Waals surface area (Å²) in [5.74, 6) is 1.30. The third-order valence-corrected chi connectivity index (χ3v) is 5.12. The fourth-order valence-corrected chi connectivity index (χ4v) is 4.01. The van der Waals surface area contributed by atoms with Gasteiger partial charge in [-0.25, -0.2) is 0 Å². The van der Waals surface area contributed by atoms with Crippen LogP contribution in [0.3, 0.4) is 0 Å². The molecule has 0 aromatic carbocycles. The van der Waals surface area contributed by atoms with E-state index in [1.807, 2.05) is 18.7 Å². The standard InChI is InChI=1S/C18H20N2O4/c1-10-16(11(2)24-19-10)13-5-4-8-20(13)18(22)12-9-23-15-7-3-6-14(21)17(12)15/h9,13H,3-8H2,1-2H3/t13-/m1/s1. The Bertz CT molecular complexity index is 798. The Morgan fingerprint density at radius 2 is 2.12 bits per heavy atom. The van der Waals surface area contributed by atoms with Crippen molar-refractivity contribution >= 4 is 11.7 Å². The summed E-state index contributed by atoms with van der Waals surface area (Å²) in [5, 5.41) is 4.01. The van der Waals surface area contributed by atoms with Crippen molar-refractivity contribution in [3.05, 3.63) is 40.2 Å². The van der Waals surface area contributed by atoms with Gasteiger partial charge in [-0.15, -0.1) is 0 Å². The van der Waals surface area contributed by atoms with E-state index in [1.54, 1.807) is 0 Å². The highest BCUT2D eigenvalue weighted by atomic mass is 16.5. The lowest BCUT2D eigenvalue weighted by Crippen LogP contribution is -2.32. The quantitative estimate of drug-likeness (QED) is 0.844. The second kappa shape index (κ2) is 5.61. The van der Waals surface area contributed by atoms with E-state index in [-0.39, 0.29) is 17.7 Å². The smallest absolute Gasteiger partial charge is 0.258 e. The number of fused-ring (bicyclic) bond motifs is 1. The van der Waals surface area contributed by atoms with Gasteiger partial charge in [0.05, 0.1) is 22.9 Å². The summed E-state index contributed by atoms with van der Waals surface area (Å²) in [7, 11) is 0. The summed E-state index contributed by atoms with van der Waals surface area (Å²) in [5.41, 5.74) is 2.72. The topological polar surface area (TPSA) is 76.6 Å². The molecule has 0 N–H and O–H groups in total. The summed E-state index contributed by atoms with van der Waals surface area (Å²) in [6.07, 6.45) is 5.26. The van der Waals surface area contributed by atoms with Crippen LogP contribution < -0.4 is 0 Å². The summed E-state index contributed by atoms with van der Waals surface area (Å²) in [4.78, 5) is 27.2. The molecule has 1 aliphatic carbocycles. The molecule has 1 saturated heterocycles. The van der Waals surface area contributed by atoms with Crippen molar-refractivity contribution in [2.24, 2.45) is 0 Å². The SMILES string of the molecule is Cc1noc(C)c1[C@H]1CCCN1C(=O)c1coc2c1C(=O)CCC2. The molecule has 3 heterocycles. The zero-order valence-electron chi connectivity index (χ0n) is 13.9. The number of ketones is 1. The minimum atomic E-state index is -0.127. The highest BCUT2D eigenvalue weighted by Gasteiger charge is 2.37. The molecule has 1 atom stereocenters.